The van der Waals surface area contributed by atoms with Gasteiger partial charge in [-0.1, -0.05) is 6.07 Å². The monoisotopic (exact) mass is 362 g/mol. The number of nitrogens with two attached hydrogens (primary N) is 1. The zero-order valence-corrected chi connectivity index (χ0v) is 14.0. The van der Waals surface area contributed by atoms with Crippen molar-refractivity contribution in [1.29, 1.82) is 5.26 Å². The molecular weight excluding hydrogens is 348 g/mol. The number of hydrogen-bond donors (Lipinski definition) is 1. The number of ether oxygens (including phenoxy) is 2. The number of benzene rings is 1. The third-order valence-electron chi connectivity index (χ3n) is 3.49. The molecule has 0 aliphatic carbocycles. The van der Waals surface area contributed by atoms with Crippen LogP contribution in [0.25, 0.3) is 0 Å². The summed E-state index contributed by atoms with van der Waals surface area (Å²) in [7, 11) is 1.57. The molecule has 1 aliphatic heterocycles. The van der Waals surface area contributed by atoms with Crippen LogP contribution in [0.2, 0.25) is 0 Å². The average molecular weight is 363 g/mol. The Bertz CT molecular complexity index is 744. The van der Waals surface area contributed by atoms with Gasteiger partial charge < -0.3 is 15.2 Å². The molecule has 1 aromatic rings. The standard InChI is InChI=1S/C16H15BrN2O3/c1-8(20)14-9(2)22-16(19)11(7-18)15(14)10-4-5-13(21-3)12(17)6-10/h4-6,15H,19H2,1-3H3/t15-/m1/s1. The van der Waals surface area contributed by atoms with E-state index in [1.54, 1.807) is 26.2 Å². The first-order chi connectivity index (χ1) is 10.4. The molecule has 0 radical (unpaired) electrons. The van der Waals surface area contributed by atoms with Gasteiger partial charge in [0.05, 0.1) is 17.5 Å². The van der Waals surface area contributed by atoms with Gasteiger partial charge in [0.2, 0.25) is 5.88 Å². The number of allylic oxidation sites excluding steroid dienone is 3. The van der Waals surface area contributed by atoms with E-state index in [0.717, 1.165) is 10.0 Å². The fourth-order valence-electron chi connectivity index (χ4n) is 2.53. The first kappa shape index (κ1) is 16.1. The number of nitrogens with zero attached hydrogens (tertiary/aromatic N) is 1. The minimum atomic E-state index is -0.543. The quantitative estimate of drug-likeness (QED) is 0.892. The van der Waals surface area contributed by atoms with E-state index in [1.165, 1.54) is 6.92 Å². The second-order valence-electron chi connectivity index (χ2n) is 4.84. The molecule has 2 N–H and O–H groups in total. The van der Waals surface area contributed by atoms with Crippen LogP contribution >= 0.6 is 15.9 Å². The zero-order chi connectivity index (χ0) is 16.4. The van der Waals surface area contributed by atoms with Crippen LogP contribution in [-0.4, -0.2) is 12.9 Å². The number of carbonyl (C=O) groups is 1. The number of halogens is 1. The molecule has 0 spiro atoms. The molecule has 0 unspecified atom stereocenters. The highest BCUT2D eigenvalue weighted by atomic mass is 79.9. The van der Waals surface area contributed by atoms with Gasteiger partial charge in [0, 0.05) is 5.57 Å². The van der Waals surface area contributed by atoms with Gasteiger partial charge in [-0.25, -0.2) is 0 Å². The molecule has 0 saturated carbocycles. The molecule has 114 valence electrons. The first-order valence-corrected chi connectivity index (χ1v) is 7.32. The lowest BCUT2D eigenvalue weighted by Crippen LogP contribution is -2.23. The Morgan fingerprint density at radius 3 is 2.68 bits per heavy atom. The van der Waals surface area contributed by atoms with Crippen LogP contribution in [-0.2, 0) is 9.53 Å². The number of carbonyl (C=O) groups excluding carboxylic acids is 1. The third-order valence-corrected chi connectivity index (χ3v) is 4.11. The van der Waals surface area contributed by atoms with E-state index in [9.17, 15) is 10.1 Å². The van der Waals surface area contributed by atoms with Gasteiger partial charge in [-0.15, -0.1) is 0 Å². The number of hydrogen-bond acceptors (Lipinski definition) is 5. The summed E-state index contributed by atoms with van der Waals surface area (Å²) >= 11 is 3.42. The van der Waals surface area contributed by atoms with Crippen molar-refractivity contribution in [1.82, 2.24) is 0 Å². The van der Waals surface area contributed by atoms with Gasteiger partial charge in [0.1, 0.15) is 23.2 Å². The normalized spacial score (nSPS) is 17.9. The van der Waals surface area contributed by atoms with Crippen LogP contribution in [0.5, 0.6) is 5.75 Å². The number of Topliss-reactive ketones (excluding diaryl/α,β-unsaturated/α-hetero) is 1. The number of nitriles is 1. The molecule has 1 atom stereocenters. The predicted molar refractivity (Wildman–Crippen MR) is 84.7 cm³/mol. The highest BCUT2D eigenvalue weighted by Gasteiger charge is 2.33. The molecule has 6 heteroatoms. The van der Waals surface area contributed by atoms with E-state index >= 15 is 0 Å². The van der Waals surface area contributed by atoms with Gasteiger partial charge in [-0.2, -0.15) is 5.26 Å². The molecule has 0 aromatic heterocycles. The van der Waals surface area contributed by atoms with Crippen molar-refractivity contribution in [3.63, 3.8) is 0 Å². The minimum absolute atomic E-state index is 0.0296. The number of methoxy groups -OCH3 is 1. The largest absolute Gasteiger partial charge is 0.496 e. The molecule has 0 bridgehead atoms. The third kappa shape index (κ3) is 2.72. The van der Waals surface area contributed by atoms with Crippen LogP contribution in [0, 0.1) is 11.3 Å². The van der Waals surface area contributed by atoms with Gasteiger partial charge in [-0.3, -0.25) is 4.79 Å². The molecule has 0 fully saturated rings. The molecule has 0 amide bonds. The average Bonchev–Trinajstić information content (AvgIpc) is 2.45. The maximum absolute atomic E-state index is 12.0. The molecule has 22 heavy (non-hydrogen) atoms. The van der Waals surface area contributed by atoms with Crippen molar-refractivity contribution in [2.45, 2.75) is 19.8 Å². The SMILES string of the molecule is COc1ccc([C@@H]2C(C#N)=C(N)OC(C)=C2C(C)=O)cc1Br. The van der Waals surface area contributed by atoms with Gasteiger partial charge >= 0.3 is 0 Å². The van der Waals surface area contributed by atoms with Crippen LogP contribution in [0.1, 0.15) is 25.3 Å². The summed E-state index contributed by atoms with van der Waals surface area (Å²) in [5.41, 5.74) is 7.24. The van der Waals surface area contributed by atoms with Crippen LogP contribution in [0.15, 0.2) is 45.5 Å². The lowest BCUT2D eigenvalue weighted by atomic mass is 9.81. The topological polar surface area (TPSA) is 85.3 Å². The highest BCUT2D eigenvalue weighted by Crippen LogP contribution is 2.41. The summed E-state index contributed by atoms with van der Waals surface area (Å²) < 4.78 is 11.3. The predicted octanol–water partition coefficient (Wildman–Crippen LogP) is 3.13. The first-order valence-electron chi connectivity index (χ1n) is 6.53. The van der Waals surface area contributed by atoms with Gasteiger partial charge in [0.15, 0.2) is 5.78 Å². The summed E-state index contributed by atoms with van der Waals surface area (Å²) in [5, 5.41) is 9.41. The maximum Gasteiger partial charge on any atom is 0.205 e. The molecule has 2 rings (SSSR count). The second kappa shape index (κ2) is 6.24. The Hall–Kier alpha value is -2.26. The summed E-state index contributed by atoms with van der Waals surface area (Å²) in [6.45, 7) is 3.12. The smallest absolute Gasteiger partial charge is 0.205 e. The Labute approximate surface area is 137 Å². The molecular formula is C16H15BrN2O3. The Morgan fingerprint density at radius 2 is 2.18 bits per heavy atom. The highest BCUT2D eigenvalue weighted by molar-refractivity contribution is 9.10. The van der Waals surface area contributed by atoms with E-state index in [1.807, 2.05) is 6.07 Å². The summed E-state index contributed by atoms with van der Waals surface area (Å²) in [4.78, 5) is 12.0. The summed E-state index contributed by atoms with van der Waals surface area (Å²) in [5.74, 6) is 0.410. The summed E-state index contributed by atoms with van der Waals surface area (Å²) in [6, 6.07) is 7.44. The maximum atomic E-state index is 12.0. The Morgan fingerprint density at radius 1 is 1.50 bits per heavy atom. The van der Waals surface area contributed by atoms with E-state index < -0.39 is 5.92 Å². The van der Waals surface area contributed by atoms with E-state index in [2.05, 4.69) is 22.0 Å². The van der Waals surface area contributed by atoms with Crippen LogP contribution < -0.4 is 10.5 Å². The molecule has 0 saturated heterocycles. The Kier molecular flexibility index (Phi) is 4.57. The lowest BCUT2D eigenvalue weighted by molar-refractivity contribution is -0.114. The summed E-state index contributed by atoms with van der Waals surface area (Å²) in [6.07, 6.45) is 0. The van der Waals surface area contributed by atoms with Crippen molar-refractivity contribution < 1.29 is 14.3 Å². The Balaban J connectivity index is 2.66. The second-order valence-corrected chi connectivity index (χ2v) is 5.70. The number of rotatable bonds is 3. The molecule has 5 nitrogen and oxygen atoms in total. The van der Waals surface area contributed by atoms with Crippen molar-refractivity contribution in [2.24, 2.45) is 5.73 Å². The van der Waals surface area contributed by atoms with E-state index in [-0.39, 0.29) is 17.2 Å². The minimum Gasteiger partial charge on any atom is -0.496 e. The number of ketones is 1. The van der Waals surface area contributed by atoms with E-state index in [0.29, 0.717) is 17.1 Å². The molecule has 1 aromatic carbocycles. The fraction of sp³-hybridized carbons (Fsp3) is 0.250. The van der Waals surface area contributed by atoms with Crippen LogP contribution in [0.3, 0.4) is 0 Å². The van der Waals surface area contributed by atoms with Gasteiger partial charge in [-0.05, 0) is 47.5 Å². The lowest BCUT2D eigenvalue weighted by Gasteiger charge is -2.27. The fourth-order valence-corrected chi connectivity index (χ4v) is 3.09. The zero-order valence-electron chi connectivity index (χ0n) is 12.4. The van der Waals surface area contributed by atoms with Crippen molar-refractivity contribution in [3.8, 4) is 11.8 Å². The van der Waals surface area contributed by atoms with Crippen molar-refractivity contribution in [2.75, 3.05) is 7.11 Å². The molecule has 1 heterocycles. The van der Waals surface area contributed by atoms with Crippen molar-refractivity contribution in [3.05, 3.63) is 51.0 Å². The molecule has 1 aliphatic rings. The van der Waals surface area contributed by atoms with Gasteiger partial charge in [0.25, 0.3) is 0 Å². The van der Waals surface area contributed by atoms with Crippen LogP contribution in [0.4, 0.5) is 0 Å². The van der Waals surface area contributed by atoms with E-state index in [4.69, 9.17) is 15.2 Å². The van der Waals surface area contributed by atoms with Crippen molar-refractivity contribution >= 4 is 21.7 Å².